The first-order chi connectivity index (χ1) is 8.72. The summed E-state index contributed by atoms with van der Waals surface area (Å²) < 4.78 is 5.12. The second-order valence-corrected chi connectivity index (χ2v) is 4.83. The normalized spacial score (nSPS) is 23.4. The first-order valence-electron chi connectivity index (χ1n) is 6.27. The van der Waals surface area contributed by atoms with E-state index in [9.17, 15) is 4.79 Å². The van der Waals surface area contributed by atoms with E-state index in [0.29, 0.717) is 18.8 Å². The number of nitrogens with zero attached hydrogens (tertiary/aromatic N) is 1. The van der Waals surface area contributed by atoms with Gasteiger partial charge in [-0.1, -0.05) is 12.1 Å². The Morgan fingerprint density at radius 1 is 1.39 bits per heavy atom. The summed E-state index contributed by atoms with van der Waals surface area (Å²) in [6.45, 7) is 0. The van der Waals surface area contributed by atoms with Crippen molar-refractivity contribution in [2.24, 2.45) is 11.8 Å². The van der Waals surface area contributed by atoms with Crippen LogP contribution in [0.3, 0.4) is 0 Å². The average Bonchev–Trinajstić information content (AvgIpc) is 2.41. The Hall–Kier alpha value is -1.82. The van der Waals surface area contributed by atoms with Crippen LogP contribution in [0.4, 0.5) is 0 Å². The maximum atomic E-state index is 11.3. The summed E-state index contributed by atoms with van der Waals surface area (Å²) in [6, 6.07) is 10.2. The predicted octanol–water partition coefficient (Wildman–Crippen LogP) is 2.75. The van der Waals surface area contributed by atoms with Gasteiger partial charge in [0, 0.05) is 12.8 Å². The molecule has 3 nitrogen and oxygen atoms in total. The van der Waals surface area contributed by atoms with Crippen LogP contribution in [0, 0.1) is 23.2 Å². The van der Waals surface area contributed by atoms with Crippen molar-refractivity contribution in [1.29, 1.82) is 5.26 Å². The molecule has 94 valence electrons. The van der Waals surface area contributed by atoms with Crippen molar-refractivity contribution in [3.8, 4) is 11.8 Å². The number of methoxy groups -OCH3 is 1. The van der Waals surface area contributed by atoms with E-state index in [-0.39, 0.29) is 11.7 Å². The Kier molecular flexibility index (Phi) is 3.99. The summed E-state index contributed by atoms with van der Waals surface area (Å²) in [7, 11) is 1.65. The first kappa shape index (κ1) is 12.6. The largest absolute Gasteiger partial charge is 0.497 e. The van der Waals surface area contributed by atoms with Crippen molar-refractivity contribution in [1.82, 2.24) is 0 Å². The molecular formula is C15H17NO2. The Balaban J connectivity index is 2.03. The van der Waals surface area contributed by atoms with Gasteiger partial charge in [-0.05, 0) is 36.5 Å². The Morgan fingerprint density at radius 2 is 2.11 bits per heavy atom. The van der Waals surface area contributed by atoms with Gasteiger partial charge in [0.2, 0.25) is 0 Å². The molecule has 1 aromatic rings. The van der Waals surface area contributed by atoms with Crippen molar-refractivity contribution in [3.63, 3.8) is 0 Å². The van der Waals surface area contributed by atoms with Crippen LogP contribution < -0.4 is 4.74 Å². The third kappa shape index (κ3) is 2.89. The molecule has 0 bridgehead atoms. The number of rotatable bonds is 3. The van der Waals surface area contributed by atoms with Gasteiger partial charge in [-0.2, -0.15) is 5.26 Å². The van der Waals surface area contributed by atoms with Gasteiger partial charge in [-0.3, -0.25) is 4.79 Å². The van der Waals surface area contributed by atoms with Gasteiger partial charge in [-0.25, -0.2) is 0 Å². The van der Waals surface area contributed by atoms with Gasteiger partial charge in [0.25, 0.3) is 0 Å². The van der Waals surface area contributed by atoms with Gasteiger partial charge >= 0.3 is 0 Å². The zero-order chi connectivity index (χ0) is 13.0. The smallest absolute Gasteiger partial charge is 0.134 e. The summed E-state index contributed by atoms with van der Waals surface area (Å²) in [5, 5.41) is 9.12. The molecule has 0 radical (unpaired) electrons. The summed E-state index contributed by atoms with van der Waals surface area (Å²) in [5.74, 6) is 1.26. The molecule has 1 aromatic carbocycles. The number of carbonyl (C=O) groups is 1. The van der Waals surface area contributed by atoms with Crippen molar-refractivity contribution in [2.75, 3.05) is 7.11 Å². The zero-order valence-electron chi connectivity index (χ0n) is 10.6. The first-order valence-corrected chi connectivity index (χ1v) is 6.27. The molecule has 18 heavy (non-hydrogen) atoms. The fourth-order valence-electron chi connectivity index (χ4n) is 2.52. The lowest BCUT2D eigenvalue weighted by molar-refractivity contribution is -0.121. The van der Waals surface area contributed by atoms with E-state index in [1.165, 1.54) is 5.56 Å². The van der Waals surface area contributed by atoms with Crippen LogP contribution in [-0.2, 0) is 11.2 Å². The standard InChI is InChI=1S/C15H17NO2/c1-18-15-6-2-11(3-7-15)8-12-4-5-14(17)9-13(12)10-16/h2-3,6-7,12-13H,4-5,8-9H2,1H3. The van der Waals surface area contributed by atoms with Gasteiger partial charge in [-0.15, -0.1) is 0 Å². The van der Waals surface area contributed by atoms with E-state index in [2.05, 4.69) is 6.07 Å². The number of ether oxygens (including phenoxy) is 1. The molecule has 0 spiro atoms. The number of Topliss-reactive ketones (excluding diaryl/α,β-unsaturated/α-hetero) is 1. The monoisotopic (exact) mass is 243 g/mol. The molecule has 1 saturated carbocycles. The zero-order valence-corrected chi connectivity index (χ0v) is 10.6. The molecule has 1 aliphatic rings. The molecular weight excluding hydrogens is 226 g/mol. The molecule has 0 aliphatic heterocycles. The van der Waals surface area contributed by atoms with Crippen LogP contribution in [0.25, 0.3) is 0 Å². The lowest BCUT2D eigenvalue weighted by atomic mass is 9.76. The van der Waals surface area contributed by atoms with Crippen LogP contribution in [0.1, 0.15) is 24.8 Å². The maximum Gasteiger partial charge on any atom is 0.134 e. The average molecular weight is 243 g/mol. The highest BCUT2D eigenvalue weighted by Crippen LogP contribution is 2.30. The SMILES string of the molecule is COc1ccc(CC2CCC(=O)CC2C#N)cc1. The lowest BCUT2D eigenvalue weighted by Crippen LogP contribution is -2.25. The summed E-state index contributed by atoms with van der Waals surface area (Å²) >= 11 is 0. The van der Waals surface area contributed by atoms with Crippen LogP contribution in [0.2, 0.25) is 0 Å². The summed E-state index contributed by atoms with van der Waals surface area (Å²) in [6.07, 6.45) is 2.76. The van der Waals surface area contributed by atoms with Gasteiger partial charge in [0.15, 0.2) is 0 Å². The van der Waals surface area contributed by atoms with E-state index >= 15 is 0 Å². The third-order valence-corrected chi connectivity index (χ3v) is 3.63. The van der Waals surface area contributed by atoms with E-state index in [1.807, 2.05) is 24.3 Å². The third-order valence-electron chi connectivity index (χ3n) is 3.63. The van der Waals surface area contributed by atoms with E-state index in [4.69, 9.17) is 10.00 Å². The quantitative estimate of drug-likeness (QED) is 0.820. The van der Waals surface area contributed by atoms with E-state index in [0.717, 1.165) is 18.6 Å². The minimum absolute atomic E-state index is 0.117. The van der Waals surface area contributed by atoms with Gasteiger partial charge in [0.05, 0.1) is 19.1 Å². The minimum atomic E-state index is -0.117. The molecule has 2 atom stereocenters. The van der Waals surface area contributed by atoms with Crippen LogP contribution in [0.5, 0.6) is 5.75 Å². The number of ketones is 1. The molecule has 0 N–H and O–H groups in total. The number of hydrogen-bond donors (Lipinski definition) is 0. The Bertz CT molecular complexity index is 458. The Morgan fingerprint density at radius 3 is 2.72 bits per heavy atom. The van der Waals surface area contributed by atoms with E-state index in [1.54, 1.807) is 7.11 Å². The van der Waals surface area contributed by atoms with Gasteiger partial charge in [0.1, 0.15) is 11.5 Å². The number of benzene rings is 1. The molecule has 0 aromatic heterocycles. The topological polar surface area (TPSA) is 50.1 Å². The lowest BCUT2D eigenvalue weighted by Gasteiger charge is -2.25. The highest BCUT2D eigenvalue weighted by Gasteiger charge is 2.29. The maximum absolute atomic E-state index is 11.3. The molecule has 0 saturated heterocycles. The molecule has 1 aliphatic carbocycles. The van der Waals surface area contributed by atoms with Crippen LogP contribution in [-0.4, -0.2) is 12.9 Å². The molecule has 1 fully saturated rings. The van der Waals surface area contributed by atoms with E-state index < -0.39 is 0 Å². The highest BCUT2D eigenvalue weighted by atomic mass is 16.5. The van der Waals surface area contributed by atoms with Crippen LogP contribution >= 0.6 is 0 Å². The van der Waals surface area contributed by atoms with Crippen LogP contribution in [0.15, 0.2) is 24.3 Å². The molecule has 3 heteroatoms. The predicted molar refractivity (Wildman–Crippen MR) is 68.1 cm³/mol. The number of carbonyl (C=O) groups excluding carboxylic acids is 1. The fraction of sp³-hybridized carbons (Fsp3) is 0.467. The van der Waals surface area contributed by atoms with Crippen molar-refractivity contribution in [2.45, 2.75) is 25.7 Å². The molecule has 0 amide bonds. The van der Waals surface area contributed by atoms with Crippen molar-refractivity contribution >= 4 is 5.78 Å². The molecule has 0 heterocycles. The second-order valence-electron chi connectivity index (χ2n) is 4.83. The van der Waals surface area contributed by atoms with Gasteiger partial charge < -0.3 is 4.74 Å². The van der Waals surface area contributed by atoms with Crippen molar-refractivity contribution in [3.05, 3.63) is 29.8 Å². The van der Waals surface area contributed by atoms with Crippen molar-refractivity contribution < 1.29 is 9.53 Å². The summed E-state index contributed by atoms with van der Waals surface area (Å²) in [4.78, 5) is 11.3. The number of hydrogen-bond acceptors (Lipinski definition) is 3. The second kappa shape index (κ2) is 5.68. The highest BCUT2D eigenvalue weighted by molar-refractivity contribution is 5.79. The Labute approximate surface area is 107 Å². The summed E-state index contributed by atoms with van der Waals surface area (Å²) in [5.41, 5.74) is 1.20. The minimum Gasteiger partial charge on any atom is -0.497 e. The fourth-order valence-corrected chi connectivity index (χ4v) is 2.52. The molecule has 2 unspecified atom stereocenters. The number of nitriles is 1. The molecule has 2 rings (SSSR count).